The van der Waals surface area contributed by atoms with Gasteiger partial charge in [0.2, 0.25) is 0 Å². The molecule has 0 aliphatic rings. The Bertz CT molecular complexity index is 877. The molecule has 7 nitrogen and oxygen atoms in total. The molecule has 0 unspecified atom stereocenters. The van der Waals surface area contributed by atoms with Crippen LogP contribution in [0.1, 0.15) is 24.9 Å². The van der Waals surface area contributed by atoms with Crippen molar-refractivity contribution in [2.24, 2.45) is 5.92 Å². The number of hydrogen-bond donors (Lipinski definition) is 2. The van der Waals surface area contributed by atoms with Crippen LogP contribution >= 0.6 is 0 Å². The van der Waals surface area contributed by atoms with Crippen LogP contribution in [0.15, 0.2) is 52.0 Å². The molecule has 0 saturated carbocycles. The highest BCUT2D eigenvalue weighted by molar-refractivity contribution is 7.91. The second kappa shape index (κ2) is 8.81. The van der Waals surface area contributed by atoms with Gasteiger partial charge < -0.3 is 15.1 Å². The van der Waals surface area contributed by atoms with Crippen LogP contribution in [0.3, 0.4) is 0 Å². The largest absolute Gasteiger partial charge is 0.468 e. The van der Waals surface area contributed by atoms with Gasteiger partial charge in [0.25, 0.3) is 0 Å². The minimum Gasteiger partial charge on any atom is -0.468 e. The number of hydrogen-bond acceptors (Lipinski definition) is 5. The van der Waals surface area contributed by atoms with E-state index in [1.54, 1.807) is 0 Å². The number of halogens is 1. The monoisotopic (exact) mass is 396 g/mol. The summed E-state index contributed by atoms with van der Waals surface area (Å²) < 4.78 is 44.1. The molecular formula is C18H21FN2O5S. The average molecular weight is 396 g/mol. The minimum atomic E-state index is -3.99. The summed E-state index contributed by atoms with van der Waals surface area (Å²) in [5.41, 5.74) is 0. The Morgan fingerprint density at radius 2 is 1.63 bits per heavy atom. The van der Waals surface area contributed by atoms with Gasteiger partial charge in [0.15, 0.2) is 9.84 Å². The fraction of sp³-hybridized carbons (Fsp3) is 0.333. The molecule has 2 amide bonds. The summed E-state index contributed by atoms with van der Waals surface area (Å²) in [5, 5.41) is 3.51. The molecule has 2 rings (SSSR count). The molecule has 0 saturated heterocycles. The number of benzene rings is 1. The number of furan rings is 1. The van der Waals surface area contributed by atoms with E-state index in [4.69, 9.17) is 4.42 Å². The maximum Gasteiger partial charge on any atom is 0.309 e. The first kappa shape index (κ1) is 20.6. The number of sulfone groups is 1. The number of nitrogens with one attached hydrogen (secondary N) is 2. The smallest absolute Gasteiger partial charge is 0.309 e. The minimum absolute atomic E-state index is 0.0993. The molecule has 146 valence electrons. The molecule has 1 heterocycles. The number of rotatable bonds is 7. The predicted molar refractivity (Wildman–Crippen MR) is 95.9 cm³/mol. The highest BCUT2D eigenvalue weighted by Gasteiger charge is 2.32. The lowest BCUT2D eigenvalue weighted by atomic mass is 10.2. The second-order valence-electron chi connectivity index (χ2n) is 6.32. The van der Waals surface area contributed by atoms with E-state index in [1.807, 2.05) is 13.8 Å². The third-order valence-electron chi connectivity index (χ3n) is 3.70. The number of carbonyl (C=O) groups excluding carboxylic acids is 2. The first-order chi connectivity index (χ1) is 12.7. The normalized spacial score (nSPS) is 12.6. The van der Waals surface area contributed by atoms with Gasteiger partial charge >= 0.3 is 11.8 Å². The molecule has 2 N–H and O–H groups in total. The summed E-state index contributed by atoms with van der Waals surface area (Å²) in [6.07, 6.45) is 1.31. The molecule has 27 heavy (non-hydrogen) atoms. The quantitative estimate of drug-likeness (QED) is 0.549. The summed E-state index contributed by atoms with van der Waals surface area (Å²) in [7, 11) is -3.99. The van der Waals surface area contributed by atoms with E-state index in [1.165, 1.54) is 18.4 Å². The zero-order valence-corrected chi connectivity index (χ0v) is 15.8. The van der Waals surface area contributed by atoms with Gasteiger partial charge in [0.1, 0.15) is 16.8 Å². The summed E-state index contributed by atoms with van der Waals surface area (Å²) in [5.74, 6) is -2.10. The molecule has 0 aliphatic heterocycles. The predicted octanol–water partition coefficient (Wildman–Crippen LogP) is 1.82. The number of carbonyl (C=O) groups is 2. The van der Waals surface area contributed by atoms with Crippen molar-refractivity contribution in [2.45, 2.75) is 24.0 Å². The lowest BCUT2D eigenvalue weighted by Gasteiger charge is -2.16. The molecule has 0 radical (unpaired) electrons. The van der Waals surface area contributed by atoms with E-state index in [9.17, 15) is 22.4 Å². The Kier molecular flexibility index (Phi) is 6.73. The van der Waals surface area contributed by atoms with E-state index in [-0.39, 0.29) is 23.1 Å². The molecule has 0 fully saturated rings. The molecule has 1 atom stereocenters. The van der Waals surface area contributed by atoms with Gasteiger partial charge in [-0.25, -0.2) is 12.8 Å². The molecule has 1 aromatic heterocycles. The third kappa shape index (κ3) is 5.40. The Morgan fingerprint density at radius 3 is 2.15 bits per heavy atom. The molecule has 1 aromatic carbocycles. The van der Waals surface area contributed by atoms with Crippen LogP contribution in [0.4, 0.5) is 4.39 Å². The van der Waals surface area contributed by atoms with Gasteiger partial charge in [-0.15, -0.1) is 0 Å². The van der Waals surface area contributed by atoms with Gasteiger partial charge in [-0.3, -0.25) is 9.59 Å². The van der Waals surface area contributed by atoms with Crippen LogP contribution in [-0.2, 0) is 19.4 Å². The first-order valence-electron chi connectivity index (χ1n) is 8.30. The highest BCUT2D eigenvalue weighted by atomic mass is 32.2. The standard InChI is InChI=1S/C18H21FN2O5S/c1-12(2)10-20-17(22)18(23)21-11-16(15-4-3-9-26-15)27(24,25)14-7-5-13(19)6-8-14/h3-9,12,16H,10-11H2,1-2H3,(H,20,22)(H,21,23)/t16-/m1/s1. The summed E-state index contributed by atoms with van der Waals surface area (Å²) in [6.45, 7) is 3.70. The van der Waals surface area contributed by atoms with Gasteiger partial charge in [0, 0.05) is 13.1 Å². The van der Waals surface area contributed by atoms with Gasteiger partial charge in [0.05, 0.1) is 11.2 Å². The van der Waals surface area contributed by atoms with E-state index in [0.29, 0.717) is 6.54 Å². The summed E-state index contributed by atoms with van der Waals surface area (Å²) >= 11 is 0. The van der Waals surface area contributed by atoms with Gasteiger partial charge in [-0.05, 0) is 42.3 Å². The van der Waals surface area contributed by atoms with Crippen molar-refractivity contribution < 1.29 is 26.8 Å². The SMILES string of the molecule is CC(C)CNC(=O)C(=O)NC[C@H](c1ccco1)S(=O)(=O)c1ccc(F)cc1. The first-order valence-corrected chi connectivity index (χ1v) is 9.85. The van der Waals surface area contributed by atoms with Crippen molar-refractivity contribution >= 4 is 21.7 Å². The fourth-order valence-electron chi connectivity index (χ4n) is 2.27. The van der Waals surface area contributed by atoms with Crippen molar-refractivity contribution in [1.82, 2.24) is 10.6 Å². The third-order valence-corrected chi connectivity index (χ3v) is 5.78. The van der Waals surface area contributed by atoms with Crippen LogP contribution in [0, 0.1) is 11.7 Å². The molecule has 9 heteroatoms. The van der Waals surface area contributed by atoms with E-state index >= 15 is 0 Å². The van der Waals surface area contributed by atoms with Crippen LogP contribution in [-0.4, -0.2) is 33.3 Å². The van der Waals surface area contributed by atoms with Crippen molar-refractivity contribution in [3.63, 3.8) is 0 Å². The van der Waals surface area contributed by atoms with Gasteiger partial charge in [-0.1, -0.05) is 13.8 Å². The van der Waals surface area contributed by atoms with E-state index in [2.05, 4.69) is 10.6 Å². The van der Waals surface area contributed by atoms with Crippen molar-refractivity contribution in [1.29, 1.82) is 0 Å². The Labute approximate surface area is 156 Å². The highest BCUT2D eigenvalue weighted by Crippen LogP contribution is 2.29. The van der Waals surface area contributed by atoms with E-state index in [0.717, 1.165) is 24.3 Å². The lowest BCUT2D eigenvalue weighted by molar-refractivity contribution is -0.139. The molecule has 2 aromatic rings. The van der Waals surface area contributed by atoms with Crippen molar-refractivity contribution in [3.8, 4) is 0 Å². The second-order valence-corrected chi connectivity index (χ2v) is 8.45. The van der Waals surface area contributed by atoms with Crippen molar-refractivity contribution in [3.05, 3.63) is 54.2 Å². The average Bonchev–Trinajstić information content (AvgIpc) is 3.14. The lowest BCUT2D eigenvalue weighted by Crippen LogP contribution is -2.43. The summed E-state index contributed by atoms with van der Waals surface area (Å²) in [6, 6.07) is 7.31. The van der Waals surface area contributed by atoms with Crippen molar-refractivity contribution in [2.75, 3.05) is 13.1 Å². The molecule has 0 aliphatic carbocycles. The van der Waals surface area contributed by atoms with Crippen LogP contribution in [0.2, 0.25) is 0 Å². The zero-order chi connectivity index (χ0) is 20.0. The Morgan fingerprint density at radius 1 is 1.04 bits per heavy atom. The van der Waals surface area contributed by atoms with Gasteiger partial charge in [-0.2, -0.15) is 0 Å². The Hall–Kier alpha value is -2.68. The Balaban J connectivity index is 2.17. The molecule has 0 bridgehead atoms. The zero-order valence-electron chi connectivity index (χ0n) is 14.9. The fourth-order valence-corrected chi connectivity index (χ4v) is 3.86. The molecular weight excluding hydrogens is 375 g/mol. The van der Waals surface area contributed by atoms with Crippen LogP contribution in [0.5, 0.6) is 0 Å². The van der Waals surface area contributed by atoms with E-state index < -0.39 is 32.7 Å². The summed E-state index contributed by atoms with van der Waals surface area (Å²) in [4.78, 5) is 23.6. The number of amides is 2. The van der Waals surface area contributed by atoms with Crippen LogP contribution in [0.25, 0.3) is 0 Å². The van der Waals surface area contributed by atoms with Crippen LogP contribution < -0.4 is 10.6 Å². The maximum absolute atomic E-state index is 13.1. The maximum atomic E-state index is 13.1. The topological polar surface area (TPSA) is 105 Å². The molecule has 0 spiro atoms.